The smallest absolute Gasteiger partial charge is 0.232 e. The summed E-state index contributed by atoms with van der Waals surface area (Å²) in [5.41, 5.74) is 6.60. The molecule has 0 radical (unpaired) electrons. The van der Waals surface area contributed by atoms with Crippen molar-refractivity contribution in [1.29, 1.82) is 0 Å². The van der Waals surface area contributed by atoms with Crippen LogP contribution in [0.4, 0.5) is 0 Å². The normalized spacial score (nSPS) is 11.7. The van der Waals surface area contributed by atoms with Crippen LogP contribution in [0.2, 0.25) is 0 Å². The van der Waals surface area contributed by atoms with Gasteiger partial charge in [0.2, 0.25) is 5.91 Å². The fraction of sp³-hybridized carbons (Fsp3) is 0.429. The van der Waals surface area contributed by atoms with E-state index in [1.54, 1.807) is 19.1 Å². The first-order chi connectivity index (χ1) is 8.99. The highest BCUT2D eigenvalue weighted by Gasteiger charge is 2.22. The average molecular weight is 280 g/mol. The van der Waals surface area contributed by atoms with E-state index in [0.29, 0.717) is 13.0 Å². The van der Waals surface area contributed by atoms with Gasteiger partial charge in [-0.2, -0.15) is 0 Å². The van der Waals surface area contributed by atoms with E-state index in [4.69, 9.17) is 22.7 Å². The van der Waals surface area contributed by atoms with Crippen molar-refractivity contribution >= 4 is 23.1 Å². The molecule has 0 bridgehead atoms. The third-order valence-electron chi connectivity index (χ3n) is 2.98. The Balaban J connectivity index is 2.75. The van der Waals surface area contributed by atoms with Crippen LogP contribution in [0, 0.1) is 5.92 Å². The molecule has 1 rings (SSSR count). The molecule has 1 amide bonds. The van der Waals surface area contributed by atoms with Gasteiger partial charge in [-0.25, -0.2) is 0 Å². The summed E-state index contributed by atoms with van der Waals surface area (Å²) in [4.78, 5) is 14.1. The summed E-state index contributed by atoms with van der Waals surface area (Å²) in [7, 11) is 3.37. The molecular weight excluding hydrogens is 260 g/mol. The number of hydrogen-bond donors (Lipinski definition) is 1. The first-order valence-corrected chi connectivity index (χ1v) is 6.57. The number of hydrogen-bond acceptors (Lipinski definition) is 3. The molecule has 2 N–H and O–H groups in total. The Morgan fingerprint density at radius 3 is 2.74 bits per heavy atom. The zero-order valence-electron chi connectivity index (χ0n) is 11.6. The molecule has 1 aromatic carbocycles. The highest BCUT2D eigenvalue weighted by atomic mass is 32.1. The Bertz CT molecular complexity index is 463. The molecule has 19 heavy (non-hydrogen) atoms. The number of carbonyl (C=O) groups excluding carboxylic acids is 1. The maximum atomic E-state index is 12.2. The van der Waals surface area contributed by atoms with Gasteiger partial charge in [0.1, 0.15) is 5.75 Å². The summed E-state index contributed by atoms with van der Waals surface area (Å²) < 4.78 is 5.16. The van der Waals surface area contributed by atoms with Crippen molar-refractivity contribution in [3.05, 3.63) is 29.8 Å². The van der Waals surface area contributed by atoms with Gasteiger partial charge in [0.25, 0.3) is 0 Å². The lowest BCUT2D eigenvalue weighted by atomic mass is 10.0. The fourth-order valence-corrected chi connectivity index (χ4v) is 2.15. The summed E-state index contributed by atoms with van der Waals surface area (Å²) in [5, 5.41) is 0. The molecule has 4 nitrogen and oxygen atoms in total. The molecule has 0 aliphatic carbocycles. The van der Waals surface area contributed by atoms with E-state index in [9.17, 15) is 4.79 Å². The van der Waals surface area contributed by atoms with Crippen molar-refractivity contribution in [2.75, 3.05) is 14.2 Å². The number of amides is 1. The Morgan fingerprint density at radius 1 is 1.53 bits per heavy atom. The number of carbonyl (C=O) groups is 1. The largest absolute Gasteiger partial charge is 0.497 e. The van der Waals surface area contributed by atoms with Crippen molar-refractivity contribution in [2.24, 2.45) is 11.7 Å². The number of benzene rings is 1. The lowest BCUT2D eigenvalue weighted by Gasteiger charge is -2.22. The molecule has 1 aromatic rings. The Morgan fingerprint density at radius 2 is 2.21 bits per heavy atom. The first-order valence-electron chi connectivity index (χ1n) is 6.16. The van der Waals surface area contributed by atoms with Gasteiger partial charge in [-0.05, 0) is 24.1 Å². The molecular formula is C14H20N2O2S. The number of nitrogens with two attached hydrogens (primary N) is 1. The van der Waals surface area contributed by atoms with Crippen LogP contribution in [0.3, 0.4) is 0 Å². The van der Waals surface area contributed by atoms with Gasteiger partial charge < -0.3 is 15.4 Å². The van der Waals surface area contributed by atoms with E-state index in [-0.39, 0.29) is 16.8 Å². The summed E-state index contributed by atoms with van der Waals surface area (Å²) in [6.07, 6.45) is 0.622. The van der Waals surface area contributed by atoms with Gasteiger partial charge >= 0.3 is 0 Å². The molecule has 5 heteroatoms. The molecule has 0 aromatic heterocycles. The molecule has 1 unspecified atom stereocenters. The molecule has 0 saturated carbocycles. The molecule has 0 fully saturated rings. The van der Waals surface area contributed by atoms with E-state index in [0.717, 1.165) is 11.3 Å². The molecule has 0 aliphatic heterocycles. The van der Waals surface area contributed by atoms with Gasteiger partial charge in [0.05, 0.1) is 18.0 Å². The first kappa shape index (κ1) is 15.4. The van der Waals surface area contributed by atoms with Crippen LogP contribution in [0.25, 0.3) is 0 Å². The summed E-state index contributed by atoms with van der Waals surface area (Å²) in [6, 6.07) is 7.63. The fourth-order valence-electron chi connectivity index (χ4n) is 1.89. The highest BCUT2D eigenvalue weighted by Crippen LogP contribution is 2.15. The second-order valence-electron chi connectivity index (χ2n) is 4.41. The number of methoxy groups -OCH3 is 1. The third kappa shape index (κ3) is 4.21. The van der Waals surface area contributed by atoms with Gasteiger partial charge in [-0.3, -0.25) is 4.79 Å². The van der Waals surface area contributed by atoms with Crippen LogP contribution in [-0.2, 0) is 11.3 Å². The van der Waals surface area contributed by atoms with Crippen LogP contribution in [0.5, 0.6) is 5.75 Å². The molecule has 104 valence electrons. The van der Waals surface area contributed by atoms with Crippen LogP contribution in [0.15, 0.2) is 24.3 Å². The average Bonchev–Trinajstić information content (AvgIpc) is 2.39. The molecule has 1 atom stereocenters. The number of thiocarbonyl (C=S) groups is 1. The quantitative estimate of drug-likeness (QED) is 0.809. The van der Waals surface area contributed by atoms with E-state index < -0.39 is 0 Å². The lowest BCUT2D eigenvalue weighted by Crippen LogP contribution is -2.38. The van der Waals surface area contributed by atoms with Crippen LogP contribution in [-0.4, -0.2) is 30.0 Å². The van der Waals surface area contributed by atoms with E-state index >= 15 is 0 Å². The van der Waals surface area contributed by atoms with E-state index in [2.05, 4.69) is 0 Å². The van der Waals surface area contributed by atoms with Crippen molar-refractivity contribution < 1.29 is 9.53 Å². The van der Waals surface area contributed by atoms with Crippen LogP contribution >= 0.6 is 12.2 Å². The molecule has 0 heterocycles. The van der Waals surface area contributed by atoms with Crippen LogP contribution in [0.1, 0.15) is 18.9 Å². The van der Waals surface area contributed by atoms with Gasteiger partial charge in [-0.1, -0.05) is 31.3 Å². The minimum atomic E-state index is -0.384. The topological polar surface area (TPSA) is 55.6 Å². The summed E-state index contributed by atoms with van der Waals surface area (Å²) in [5.74, 6) is 0.350. The van der Waals surface area contributed by atoms with E-state index in [1.807, 2.05) is 31.2 Å². The zero-order chi connectivity index (χ0) is 14.4. The minimum absolute atomic E-state index is 0.0437. The highest BCUT2D eigenvalue weighted by molar-refractivity contribution is 7.80. The zero-order valence-corrected chi connectivity index (χ0v) is 12.4. The second-order valence-corrected chi connectivity index (χ2v) is 4.88. The monoisotopic (exact) mass is 280 g/mol. The Labute approximate surface area is 119 Å². The molecule has 0 aliphatic rings. The number of rotatable bonds is 6. The van der Waals surface area contributed by atoms with Crippen molar-refractivity contribution in [3.63, 3.8) is 0 Å². The van der Waals surface area contributed by atoms with E-state index in [1.165, 1.54) is 0 Å². The Hall–Kier alpha value is -1.62. The standard InChI is InChI=1S/C14H20N2O2S/c1-4-12(13(15)19)14(17)16(2)9-10-6-5-7-11(8-10)18-3/h5-8,12H,4,9H2,1-3H3,(H2,15,19). The minimum Gasteiger partial charge on any atom is -0.497 e. The number of nitrogens with zero attached hydrogens (tertiary/aromatic N) is 1. The number of ether oxygens (including phenoxy) is 1. The van der Waals surface area contributed by atoms with Crippen molar-refractivity contribution in [1.82, 2.24) is 4.90 Å². The third-order valence-corrected chi connectivity index (χ3v) is 3.26. The SMILES string of the molecule is CCC(C(=O)N(C)Cc1cccc(OC)c1)C(N)=S. The maximum absolute atomic E-state index is 12.2. The predicted molar refractivity (Wildman–Crippen MR) is 80.0 cm³/mol. The lowest BCUT2D eigenvalue weighted by molar-refractivity contribution is -0.132. The predicted octanol–water partition coefficient (Wildman–Crippen LogP) is 1.97. The van der Waals surface area contributed by atoms with Crippen molar-refractivity contribution in [2.45, 2.75) is 19.9 Å². The van der Waals surface area contributed by atoms with Gasteiger partial charge in [0, 0.05) is 13.6 Å². The summed E-state index contributed by atoms with van der Waals surface area (Å²) in [6.45, 7) is 2.41. The second kappa shape index (κ2) is 7.09. The molecule has 0 saturated heterocycles. The summed E-state index contributed by atoms with van der Waals surface area (Å²) >= 11 is 4.93. The Kier molecular flexibility index (Phi) is 5.76. The van der Waals surface area contributed by atoms with Crippen molar-refractivity contribution in [3.8, 4) is 5.75 Å². The van der Waals surface area contributed by atoms with Crippen LogP contribution < -0.4 is 10.5 Å². The van der Waals surface area contributed by atoms with Gasteiger partial charge in [-0.15, -0.1) is 0 Å². The van der Waals surface area contributed by atoms with Gasteiger partial charge in [0.15, 0.2) is 0 Å². The maximum Gasteiger partial charge on any atom is 0.232 e. The molecule has 0 spiro atoms.